The third-order valence-corrected chi connectivity index (χ3v) is 3.80. The number of hydrogen-bond acceptors (Lipinski definition) is 0. The number of rotatable bonds is 2. The fraction of sp³-hybridized carbons (Fsp3) is 0.250. The van der Waals surface area contributed by atoms with Gasteiger partial charge in [0.05, 0.1) is 0 Å². The molecule has 0 bridgehead atoms. The summed E-state index contributed by atoms with van der Waals surface area (Å²) in [5.74, 6) is 0. The van der Waals surface area contributed by atoms with E-state index in [2.05, 4.69) is 47.8 Å². The molecule has 1 aromatic carbocycles. The van der Waals surface area contributed by atoms with Crippen LogP contribution < -0.4 is 0 Å². The van der Waals surface area contributed by atoms with E-state index >= 15 is 0 Å². The molecule has 0 fully saturated rings. The molecule has 0 saturated carbocycles. The lowest BCUT2D eigenvalue weighted by molar-refractivity contribution is 1.28. The first-order valence-electron chi connectivity index (χ1n) is 3.28. The van der Waals surface area contributed by atoms with E-state index in [9.17, 15) is 0 Å². The van der Waals surface area contributed by atoms with E-state index in [1.165, 1.54) is 5.56 Å². The zero-order chi connectivity index (χ0) is 9.14. The zero-order valence-corrected chi connectivity index (χ0v) is 11.6. The summed E-state index contributed by atoms with van der Waals surface area (Å²) in [4.78, 5) is 0. The molecule has 0 N–H and O–H groups in total. The number of alkyl halides is 2. The SMILES string of the molecule is Clc1ccc(Br)c(CBr)c1CBr. The second kappa shape index (κ2) is 4.99. The Morgan fingerprint density at radius 1 is 1.08 bits per heavy atom. The fourth-order valence-corrected chi connectivity index (χ4v) is 3.50. The van der Waals surface area contributed by atoms with Crippen LogP contribution in [0.2, 0.25) is 5.02 Å². The molecule has 0 heterocycles. The lowest BCUT2D eigenvalue weighted by atomic mass is 10.1. The molecule has 66 valence electrons. The van der Waals surface area contributed by atoms with Crippen LogP contribution in [0.1, 0.15) is 11.1 Å². The largest absolute Gasteiger partial charge is 0.0876 e. The van der Waals surface area contributed by atoms with Crippen molar-refractivity contribution < 1.29 is 0 Å². The molecular weight excluding hydrogens is 371 g/mol. The van der Waals surface area contributed by atoms with Gasteiger partial charge in [-0.1, -0.05) is 59.4 Å². The van der Waals surface area contributed by atoms with Gasteiger partial charge in [-0.25, -0.2) is 0 Å². The van der Waals surface area contributed by atoms with Crippen molar-refractivity contribution in [1.82, 2.24) is 0 Å². The van der Waals surface area contributed by atoms with Crippen LogP contribution in [0.3, 0.4) is 0 Å². The predicted molar refractivity (Wildman–Crippen MR) is 64.4 cm³/mol. The van der Waals surface area contributed by atoms with Crippen LogP contribution in [0, 0.1) is 0 Å². The summed E-state index contributed by atoms with van der Waals surface area (Å²) in [5.41, 5.74) is 2.35. The monoisotopic (exact) mass is 374 g/mol. The van der Waals surface area contributed by atoms with Crippen LogP contribution in [0.25, 0.3) is 0 Å². The van der Waals surface area contributed by atoms with E-state index in [1.807, 2.05) is 12.1 Å². The molecule has 0 saturated heterocycles. The molecule has 1 rings (SSSR count). The Kier molecular flexibility index (Phi) is 4.58. The first kappa shape index (κ1) is 11.0. The van der Waals surface area contributed by atoms with E-state index < -0.39 is 0 Å². The summed E-state index contributed by atoms with van der Waals surface area (Å²) in [5, 5.41) is 2.41. The van der Waals surface area contributed by atoms with E-state index in [0.29, 0.717) is 0 Å². The summed E-state index contributed by atoms with van der Waals surface area (Å²) in [6.07, 6.45) is 0. The van der Waals surface area contributed by atoms with Gasteiger partial charge in [0.1, 0.15) is 0 Å². The topological polar surface area (TPSA) is 0 Å². The van der Waals surface area contributed by atoms with Gasteiger partial charge in [0.25, 0.3) is 0 Å². The van der Waals surface area contributed by atoms with Crippen LogP contribution in [0.15, 0.2) is 16.6 Å². The lowest BCUT2D eigenvalue weighted by Gasteiger charge is -2.08. The summed E-state index contributed by atoms with van der Waals surface area (Å²) in [6.45, 7) is 0. The number of hydrogen-bond donors (Lipinski definition) is 0. The minimum Gasteiger partial charge on any atom is -0.0876 e. The van der Waals surface area contributed by atoms with Gasteiger partial charge < -0.3 is 0 Å². The molecule has 0 unspecified atom stereocenters. The van der Waals surface area contributed by atoms with E-state index in [0.717, 1.165) is 25.7 Å². The molecule has 0 aliphatic rings. The van der Waals surface area contributed by atoms with Crippen molar-refractivity contribution in [3.05, 3.63) is 32.8 Å². The molecule has 12 heavy (non-hydrogen) atoms. The van der Waals surface area contributed by atoms with Gasteiger partial charge in [-0.3, -0.25) is 0 Å². The minimum atomic E-state index is 0.784. The second-order valence-electron chi connectivity index (χ2n) is 2.25. The highest BCUT2D eigenvalue weighted by molar-refractivity contribution is 9.10. The summed E-state index contributed by atoms with van der Waals surface area (Å²) >= 11 is 16.3. The standard InChI is InChI=1S/C8H6Br3Cl/c9-3-5-6(4-10)8(12)2-1-7(5)11/h1-2H,3-4H2. The van der Waals surface area contributed by atoms with Crippen LogP contribution in [0.5, 0.6) is 0 Å². The van der Waals surface area contributed by atoms with Crippen molar-refractivity contribution in [3.63, 3.8) is 0 Å². The highest BCUT2D eigenvalue weighted by Gasteiger charge is 2.08. The van der Waals surface area contributed by atoms with Crippen molar-refractivity contribution in [2.24, 2.45) is 0 Å². The van der Waals surface area contributed by atoms with E-state index in [4.69, 9.17) is 11.6 Å². The Labute approximate surface area is 102 Å². The molecule has 0 spiro atoms. The maximum absolute atomic E-state index is 6.01. The molecule has 0 radical (unpaired) electrons. The third-order valence-electron chi connectivity index (χ3n) is 1.58. The summed E-state index contributed by atoms with van der Waals surface area (Å²) in [7, 11) is 0. The fourth-order valence-electron chi connectivity index (χ4n) is 0.925. The van der Waals surface area contributed by atoms with E-state index in [-0.39, 0.29) is 0 Å². The maximum Gasteiger partial charge on any atom is 0.0450 e. The third kappa shape index (κ3) is 2.25. The van der Waals surface area contributed by atoms with Gasteiger partial charge in [0, 0.05) is 20.2 Å². The molecule has 1 aromatic rings. The van der Waals surface area contributed by atoms with Gasteiger partial charge in [-0.15, -0.1) is 0 Å². The number of benzene rings is 1. The van der Waals surface area contributed by atoms with Crippen LogP contribution in [0.4, 0.5) is 0 Å². The smallest absolute Gasteiger partial charge is 0.0450 e. The Hall–Kier alpha value is 0.950. The predicted octanol–water partition coefficient (Wildman–Crippen LogP) is 4.89. The molecule has 0 aliphatic carbocycles. The Bertz CT molecular complexity index is 257. The van der Waals surface area contributed by atoms with Crippen molar-refractivity contribution >= 4 is 59.4 Å². The average molecular weight is 377 g/mol. The Morgan fingerprint density at radius 3 is 2.08 bits per heavy atom. The van der Waals surface area contributed by atoms with Crippen LogP contribution in [-0.2, 0) is 10.7 Å². The molecule has 4 heteroatoms. The van der Waals surface area contributed by atoms with Crippen LogP contribution in [-0.4, -0.2) is 0 Å². The molecule has 0 atom stereocenters. The van der Waals surface area contributed by atoms with E-state index in [1.54, 1.807) is 0 Å². The van der Waals surface area contributed by atoms with Gasteiger partial charge in [-0.2, -0.15) is 0 Å². The maximum atomic E-state index is 6.01. The average Bonchev–Trinajstić information content (AvgIpc) is 2.08. The Morgan fingerprint density at radius 2 is 1.67 bits per heavy atom. The molecule has 0 amide bonds. The minimum absolute atomic E-state index is 0.784. The quantitative estimate of drug-likeness (QED) is 0.644. The highest BCUT2D eigenvalue weighted by Crippen LogP contribution is 2.30. The van der Waals surface area contributed by atoms with Crippen molar-refractivity contribution in [2.75, 3.05) is 0 Å². The number of halogens is 4. The molecular formula is C8H6Br3Cl. The highest BCUT2D eigenvalue weighted by atomic mass is 79.9. The van der Waals surface area contributed by atoms with Gasteiger partial charge in [-0.05, 0) is 23.3 Å². The van der Waals surface area contributed by atoms with Gasteiger partial charge in [0.2, 0.25) is 0 Å². The van der Waals surface area contributed by atoms with Crippen molar-refractivity contribution in [1.29, 1.82) is 0 Å². The second-order valence-corrected chi connectivity index (χ2v) is 4.64. The van der Waals surface area contributed by atoms with Crippen LogP contribution >= 0.6 is 59.4 Å². The zero-order valence-electron chi connectivity index (χ0n) is 6.08. The van der Waals surface area contributed by atoms with Gasteiger partial charge >= 0.3 is 0 Å². The first-order valence-corrected chi connectivity index (χ1v) is 6.69. The first-order chi connectivity index (χ1) is 5.70. The normalized spacial score (nSPS) is 10.3. The van der Waals surface area contributed by atoms with Gasteiger partial charge in [0.15, 0.2) is 0 Å². The lowest BCUT2D eigenvalue weighted by Crippen LogP contribution is -1.90. The Balaban J connectivity index is 3.28. The van der Waals surface area contributed by atoms with Crippen molar-refractivity contribution in [2.45, 2.75) is 10.7 Å². The molecule has 0 nitrogen and oxygen atoms in total. The summed E-state index contributed by atoms with van der Waals surface area (Å²) < 4.78 is 1.10. The molecule has 0 aliphatic heterocycles. The molecule has 0 aromatic heterocycles. The summed E-state index contributed by atoms with van der Waals surface area (Å²) in [6, 6.07) is 3.86. The van der Waals surface area contributed by atoms with Crippen molar-refractivity contribution in [3.8, 4) is 0 Å².